The molecule has 0 aliphatic rings. The lowest BCUT2D eigenvalue weighted by Gasteiger charge is -2.30. The molecule has 0 saturated heterocycles. The Kier molecular flexibility index (Phi) is 53.7. The Morgan fingerprint density at radius 3 is 1.15 bits per heavy atom. The van der Waals surface area contributed by atoms with E-state index in [0.29, 0.717) is 17.4 Å². The summed E-state index contributed by atoms with van der Waals surface area (Å²) in [7, 11) is 1.20. The van der Waals surface area contributed by atoms with Crippen LogP contribution in [0.4, 0.5) is 0 Å². The number of unbranched alkanes of at least 4 members (excludes halogenated alkanes) is 41. The van der Waals surface area contributed by atoms with E-state index in [4.69, 9.17) is 13.8 Å². The number of ether oxygens (including phenoxy) is 1. The smallest absolute Gasteiger partial charge is 0.306 e. The maximum absolute atomic E-state index is 13.5. The Balaban J connectivity index is 5.19. The van der Waals surface area contributed by atoms with Crippen LogP contribution in [0.3, 0.4) is 0 Å². The third-order valence-electron chi connectivity index (χ3n) is 14.6. The summed E-state index contributed by atoms with van der Waals surface area (Å²) in [5, 5.41) is 3.03. The summed E-state index contributed by atoms with van der Waals surface area (Å²) in [6.07, 6.45) is 64.3. The average Bonchev–Trinajstić information content (AvgIpc) is 3.36. The summed E-state index contributed by atoms with van der Waals surface area (Å²) >= 11 is 0. The van der Waals surface area contributed by atoms with Gasteiger partial charge >= 0.3 is 5.97 Å². The zero-order chi connectivity index (χ0) is 54.3. The van der Waals surface area contributed by atoms with Gasteiger partial charge in [-0.05, 0) is 57.4 Å². The molecule has 0 rings (SSSR count). The molecule has 1 N–H and O–H groups in total. The van der Waals surface area contributed by atoms with E-state index in [9.17, 15) is 19.0 Å². The summed E-state index contributed by atoms with van der Waals surface area (Å²) < 4.78 is 30.3. The van der Waals surface area contributed by atoms with Gasteiger partial charge in [0.15, 0.2) is 0 Å². The molecule has 0 aromatic heterocycles. The zero-order valence-corrected chi connectivity index (χ0v) is 51.0. The van der Waals surface area contributed by atoms with E-state index in [0.717, 1.165) is 70.6 Å². The van der Waals surface area contributed by atoms with Gasteiger partial charge in [-0.25, -0.2) is 0 Å². The fourth-order valence-electron chi connectivity index (χ4n) is 9.64. The summed E-state index contributed by atoms with van der Waals surface area (Å²) in [5.74, 6) is -0.528. The molecule has 0 aliphatic carbocycles. The van der Waals surface area contributed by atoms with Crippen molar-refractivity contribution < 1.29 is 37.3 Å². The molecule has 9 nitrogen and oxygen atoms in total. The number of quaternary nitrogens is 1. The molecule has 0 spiro atoms. The lowest BCUT2D eigenvalue weighted by Crippen LogP contribution is -2.47. The number of allylic oxidation sites excluding steroid dienone is 3. The molecular weight excluding hydrogens is 940 g/mol. The first-order valence-electron chi connectivity index (χ1n) is 32.1. The molecule has 10 heteroatoms. The lowest BCUT2D eigenvalue weighted by molar-refractivity contribution is -0.870. The number of phosphoric acid groups is 1. The molecule has 0 bridgehead atoms. The average molecular weight is 1070 g/mol. The second-order valence-corrected chi connectivity index (χ2v) is 24.7. The number of amides is 1. The molecule has 3 unspecified atom stereocenters. The monoisotopic (exact) mass is 1060 g/mol. The largest absolute Gasteiger partial charge is 0.756 e. The van der Waals surface area contributed by atoms with Gasteiger partial charge in [0.1, 0.15) is 19.3 Å². The molecular formula is C64H125N2O7P. The number of nitrogens with zero attached hydrogens (tertiary/aromatic N) is 1. The lowest BCUT2D eigenvalue weighted by atomic mass is 10.0. The minimum absolute atomic E-state index is 0.0196. The number of likely N-dealkylation sites (N-methyl/N-ethyl adjacent to an activating group) is 1. The van der Waals surface area contributed by atoms with Crippen LogP contribution in [0.15, 0.2) is 24.3 Å². The second kappa shape index (κ2) is 54.8. The highest BCUT2D eigenvalue weighted by molar-refractivity contribution is 7.45. The Labute approximate surface area is 460 Å². The fraction of sp³-hybridized carbons (Fsp3) is 0.906. The van der Waals surface area contributed by atoms with Crippen molar-refractivity contribution in [1.29, 1.82) is 0 Å². The highest BCUT2D eigenvalue weighted by Crippen LogP contribution is 2.38. The highest BCUT2D eigenvalue weighted by Gasteiger charge is 2.27. The van der Waals surface area contributed by atoms with E-state index in [1.807, 2.05) is 33.3 Å². The predicted octanol–water partition coefficient (Wildman–Crippen LogP) is 19.1. The Morgan fingerprint density at radius 1 is 0.459 bits per heavy atom. The van der Waals surface area contributed by atoms with Crippen molar-refractivity contribution in [2.45, 2.75) is 335 Å². The van der Waals surface area contributed by atoms with E-state index in [1.165, 1.54) is 218 Å². The van der Waals surface area contributed by atoms with E-state index < -0.39 is 20.0 Å². The van der Waals surface area contributed by atoms with Gasteiger partial charge < -0.3 is 28.5 Å². The van der Waals surface area contributed by atoms with Gasteiger partial charge in [0.05, 0.1) is 33.8 Å². The summed E-state index contributed by atoms with van der Waals surface area (Å²) in [6.45, 7) is 6.88. The van der Waals surface area contributed by atoms with Gasteiger partial charge in [0.25, 0.3) is 7.82 Å². The van der Waals surface area contributed by atoms with Crippen LogP contribution in [-0.2, 0) is 27.9 Å². The third-order valence-corrected chi connectivity index (χ3v) is 15.6. The first-order chi connectivity index (χ1) is 35.9. The molecule has 1 amide bonds. The van der Waals surface area contributed by atoms with Crippen molar-refractivity contribution in [1.82, 2.24) is 5.32 Å². The van der Waals surface area contributed by atoms with Crippen molar-refractivity contribution in [3.05, 3.63) is 24.3 Å². The number of esters is 1. The van der Waals surface area contributed by atoms with Gasteiger partial charge in [-0.1, -0.05) is 277 Å². The minimum atomic E-state index is -4.69. The number of hydrogen-bond donors (Lipinski definition) is 1. The third kappa shape index (κ3) is 55.3. The molecule has 0 saturated carbocycles. The van der Waals surface area contributed by atoms with E-state index in [-0.39, 0.29) is 31.5 Å². The van der Waals surface area contributed by atoms with E-state index in [1.54, 1.807) is 0 Å². The van der Waals surface area contributed by atoms with Gasteiger partial charge in [-0.15, -0.1) is 0 Å². The summed E-state index contributed by atoms with van der Waals surface area (Å²) in [6, 6.07) is -0.885. The second-order valence-electron chi connectivity index (χ2n) is 23.3. The molecule has 3 atom stereocenters. The van der Waals surface area contributed by atoms with Crippen molar-refractivity contribution in [2.75, 3.05) is 40.9 Å². The molecule has 74 heavy (non-hydrogen) atoms. The predicted molar refractivity (Wildman–Crippen MR) is 317 cm³/mol. The maximum atomic E-state index is 13.5. The van der Waals surface area contributed by atoms with Crippen molar-refractivity contribution in [3.63, 3.8) is 0 Å². The molecule has 0 fully saturated rings. The van der Waals surface area contributed by atoms with Crippen LogP contribution in [0.1, 0.15) is 323 Å². The molecule has 0 radical (unpaired) electrons. The maximum Gasteiger partial charge on any atom is 0.306 e. The number of carbonyl (C=O) groups excluding carboxylic acids is 2. The first kappa shape index (κ1) is 72.5. The van der Waals surface area contributed by atoms with Gasteiger partial charge in [-0.2, -0.15) is 0 Å². The van der Waals surface area contributed by atoms with Crippen LogP contribution < -0.4 is 10.2 Å². The topological polar surface area (TPSA) is 114 Å². The summed E-state index contributed by atoms with van der Waals surface area (Å²) in [5.41, 5.74) is 0. The summed E-state index contributed by atoms with van der Waals surface area (Å²) in [4.78, 5) is 40.0. The standard InChI is InChI=1S/C64H125N2O7P/c1-7-10-13-16-19-22-25-28-30-32-33-35-37-39-42-45-48-51-54-57-64(68)73-62(55-52-49-46-43-40-27-24-21-18-15-12-9-3)61(60-72-74(69,70)71-59-58-66(4,5)6)65-63(67)56-53-50-47-44-41-38-36-34-31-29-26-23-20-17-14-11-8-2/h29,31,52,55,61-62H,7-28,30,32-51,53-54,56-60H2,1-6H3,(H-,65,67,69,70)/b31-29+,55-52+. The minimum Gasteiger partial charge on any atom is -0.756 e. The number of rotatable bonds is 59. The van der Waals surface area contributed by atoms with Gasteiger partial charge in [-0.3, -0.25) is 14.2 Å². The van der Waals surface area contributed by atoms with Crippen LogP contribution in [0.25, 0.3) is 0 Å². The molecule has 0 heterocycles. The molecule has 0 aliphatic heterocycles. The number of nitrogens with one attached hydrogen (secondary N) is 1. The van der Waals surface area contributed by atoms with Crippen LogP contribution >= 0.6 is 7.82 Å². The van der Waals surface area contributed by atoms with Crippen LogP contribution in [0.2, 0.25) is 0 Å². The number of carbonyl (C=O) groups is 2. The van der Waals surface area contributed by atoms with Crippen molar-refractivity contribution >= 4 is 19.7 Å². The molecule has 0 aromatic carbocycles. The zero-order valence-electron chi connectivity index (χ0n) is 50.1. The molecule has 438 valence electrons. The number of hydrogen-bond acceptors (Lipinski definition) is 7. The van der Waals surface area contributed by atoms with Gasteiger partial charge in [0.2, 0.25) is 5.91 Å². The molecule has 0 aromatic rings. The number of phosphoric ester groups is 1. The van der Waals surface area contributed by atoms with E-state index >= 15 is 0 Å². The quantitative estimate of drug-likeness (QED) is 0.0212. The SMILES string of the molecule is CCCCCCCC/C=C/CCCCCCCCCC(=O)NC(COP(=O)([O-])OCC[N+](C)(C)C)C(/C=C/CCCCCCCCCCCC)OC(=O)CCCCCCCCCCCCCCCCCCCCC. The Bertz CT molecular complexity index is 1320. The fourth-order valence-corrected chi connectivity index (χ4v) is 10.4. The van der Waals surface area contributed by atoms with Crippen molar-refractivity contribution in [3.8, 4) is 0 Å². The van der Waals surface area contributed by atoms with E-state index in [2.05, 4.69) is 38.2 Å². The van der Waals surface area contributed by atoms with Crippen molar-refractivity contribution in [2.24, 2.45) is 0 Å². The Hall–Kier alpha value is -1.51. The highest BCUT2D eigenvalue weighted by atomic mass is 31.2. The Morgan fingerprint density at radius 2 is 0.784 bits per heavy atom. The van der Waals surface area contributed by atoms with Gasteiger partial charge in [0, 0.05) is 12.8 Å². The normalized spacial score (nSPS) is 13.8. The first-order valence-corrected chi connectivity index (χ1v) is 33.6. The van der Waals surface area contributed by atoms with Crippen LogP contribution in [0, 0.1) is 0 Å². The van der Waals surface area contributed by atoms with Crippen LogP contribution in [0.5, 0.6) is 0 Å². The van der Waals surface area contributed by atoms with Crippen LogP contribution in [-0.4, -0.2) is 69.4 Å².